The smallest absolute Gasteiger partial charge is 0.326 e. The first-order chi connectivity index (χ1) is 13.7. The van der Waals surface area contributed by atoms with E-state index in [1.165, 1.54) is 0 Å². The largest absolute Gasteiger partial charge is 0.486 e. The standard InChI is InChI=1S/C22H24N2O5/c1-13-11-15(24-29-13)12-28-18-16-8-6-5-7-14(16)9-10-17(18)20(25)23-19(21(26)27)22(2,3)4/h5-11,19H,12H2,1-4H3,(H,23,25)(H,26,27)/t19-/m1/s1. The van der Waals surface area contributed by atoms with E-state index in [0.29, 0.717) is 17.2 Å². The van der Waals surface area contributed by atoms with E-state index in [2.05, 4.69) is 10.5 Å². The molecule has 0 saturated carbocycles. The van der Waals surface area contributed by atoms with Crippen LogP contribution in [0.3, 0.4) is 0 Å². The number of aryl methyl sites for hydroxylation is 1. The highest BCUT2D eigenvalue weighted by molar-refractivity contribution is 6.04. The fraction of sp³-hybridized carbons (Fsp3) is 0.318. The topological polar surface area (TPSA) is 102 Å². The third kappa shape index (κ3) is 4.56. The molecule has 3 aromatic rings. The second kappa shape index (κ2) is 7.95. The number of nitrogens with one attached hydrogen (secondary N) is 1. The van der Waals surface area contributed by atoms with Gasteiger partial charge in [-0.15, -0.1) is 0 Å². The summed E-state index contributed by atoms with van der Waals surface area (Å²) < 4.78 is 11.0. The Morgan fingerprint density at radius 2 is 1.93 bits per heavy atom. The average molecular weight is 396 g/mol. The molecule has 0 bridgehead atoms. The molecule has 7 heteroatoms. The molecule has 0 radical (unpaired) electrons. The molecule has 2 aromatic carbocycles. The van der Waals surface area contributed by atoms with Crippen LogP contribution in [0.15, 0.2) is 47.0 Å². The van der Waals surface area contributed by atoms with Crippen molar-refractivity contribution in [2.45, 2.75) is 40.3 Å². The molecule has 0 aliphatic rings. The summed E-state index contributed by atoms with van der Waals surface area (Å²) in [5.41, 5.74) is 0.205. The van der Waals surface area contributed by atoms with Gasteiger partial charge >= 0.3 is 5.97 Å². The van der Waals surface area contributed by atoms with Gasteiger partial charge in [0.15, 0.2) is 0 Å². The van der Waals surface area contributed by atoms with Gasteiger partial charge in [0.05, 0.1) is 5.56 Å². The van der Waals surface area contributed by atoms with Crippen LogP contribution in [0.2, 0.25) is 0 Å². The maximum Gasteiger partial charge on any atom is 0.326 e. The van der Waals surface area contributed by atoms with E-state index in [0.717, 1.165) is 10.8 Å². The van der Waals surface area contributed by atoms with E-state index in [1.807, 2.05) is 30.3 Å². The molecular formula is C22H24N2O5. The van der Waals surface area contributed by atoms with Gasteiger partial charge in [-0.25, -0.2) is 4.79 Å². The highest BCUT2D eigenvalue weighted by atomic mass is 16.5. The number of aromatic nitrogens is 1. The van der Waals surface area contributed by atoms with Crippen LogP contribution in [0.1, 0.15) is 42.6 Å². The van der Waals surface area contributed by atoms with Crippen LogP contribution in [0, 0.1) is 12.3 Å². The van der Waals surface area contributed by atoms with Crippen LogP contribution in [-0.4, -0.2) is 28.2 Å². The first-order valence-corrected chi connectivity index (χ1v) is 9.27. The minimum absolute atomic E-state index is 0.118. The Balaban J connectivity index is 1.97. The van der Waals surface area contributed by atoms with Crippen LogP contribution in [0.5, 0.6) is 5.75 Å². The van der Waals surface area contributed by atoms with E-state index in [9.17, 15) is 14.7 Å². The number of carbonyl (C=O) groups excluding carboxylic acids is 1. The number of benzene rings is 2. The van der Waals surface area contributed by atoms with Crippen molar-refractivity contribution in [3.63, 3.8) is 0 Å². The summed E-state index contributed by atoms with van der Waals surface area (Å²) in [5, 5.41) is 17.7. The van der Waals surface area contributed by atoms with E-state index in [-0.39, 0.29) is 12.2 Å². The first-order valence-electron chi connectivity index (χ1n) is 9.27. The van der Waals surface area contributed by atoms with Gasteiger partial charge in [-0.1, -0.05) is 56.3 Å². The Hall–Kier alpha value is -3.35. The van der Waals surface area contributed by atoms with Crippen molar-refractivity contribution in [3.05, 3.63) is 59.5 Å². The number of fused-ring (bicyclic) bond motifs is 1. The molecule has 0 fully saturated rings. The Labute approximate surface area is 168 Å². The predicted octanol–water partition coefficient (Wildman–Crippen LogP) is 3.94. The minimum atomic E-state index is -1.09. The quantitative estimate of drug-likeness (QED) is 0.654. The Morgan fingerprint density at radius 1 is 1.21 bits per heavy atom. The fourth-order valence-electron chi connectivity index (χ4n) is 3.07. The number of rotatable bonds is 6. The first kappa shape index (κ1) is 20.4. The van der Waals surface area contributed by atoms with E-state index in [1.54, 1.807) is 39.8 Å². The van der Waals surface area contributed by atoms with Gasteiger partial charge in [0.1, 0.15) is 29.9 Å². The van der Waals surface area contributed by atoms with Crippen molar-refractivity contribution in [2.24, 2.45) is 5.41 Å². The molecule has 0 saturated heterocycles. The summed E-state index contributed by atoms with van der Waals surface area (Å²) in [5.74, 6) is -0.565. The van der Waals surface area contributed by atoms with Crippen molar-refractivity contribution >= 4 is 22.6 Å². The van der Waals surface area contributed by atoms with Gasteiger partial charge in [0.2, 0.25) is 0 Å². The highest BCUT2D eigenvalue weighted by Crippen LogP contribution is 2.31. The summed E-state index contributed by atoms with van der Waals surface area (Å²) in [7, 11) is 0. The van der Waals surface area contributed by atoms with Crippen molar-refractivity contribution in [3.8, 4) is 5.75 Å². The van der Waals surface area contributed by atoms with Gasteiger partial charge in [-0.05, 0) is 23.8 Å². The summed E-state index contributed by atoms with van der Waals surface area (Å²) >= 11 is 0. The summed E-state index contributed by atoms with van der Waals surface area (Å²) in [4.78, 5) is 24.7. The molecule has 0 unspecified atom stereocenters. The zero-order chi connectivity index (χ0) is 21.2. The highest BCUT2D eigenvalue weighted by Gasteiger charge is 2.33. The number of aliphatic carboxylic acids is 1. The summed E-state index contributed by atoms with van der Waals surface area (Å²) in [6, 6.07) is 11.7. The lowest BCUT2D eigenvalue weighted by Gasteiger charge is -2.28. The van der Waals surface area contributed by atoms with Crippen LogP contribution < -0.4 is 10.1 Å². The number of hydrogen-bond donors (Lipinski definition) is 2. The molecule has 7 nitrogen and oxygen atoms in total. The molecule has 152 valence electrons. The zero-order valence-corrected chi connectivity index (χ0v) is 16.9. The number of carboxylic acid groups (broad SMARTS) is 1. The molecule has 3 rings (SSSR count). The molecule has 0 spiro atoms. The van der Waals surface area contributed by atoms with E-state index in [4.69, 9.17) is 9.26 Å². The van der Waals surface area contributed by atoms with Crippen LogP contribution >= 0.6 is 0 Å². The third-order valence-electron chi connectivity index (χ3n) is 4.55. The average Bonchev–Trinajstić information content (AvgIpc) is 3.07. The lowest BCUT2D eigenvalue weighted by molar-refractivity contribution is -0.142. The molecule has 0 aliphatic heterocycles. The predicted molar refractivity (Wildman–Crippen MR) is 108 cm³/mol. The van der Waals surface area contributed by atoms with Crippen LogP contribution in [-0.2, 0) is 11.4 Å². The molecule has 2 N–H and O–H groups in total. The molecule has 1 atom stereocenters. The lowest BCUT2D eigenvalue weighted by atomic mass is 9.86. The number of carbonyl (C=O) groups is 2. The normalized spacial score (nSPS) is 12.6. The van der Waals surface area contributed by atoms with Crippen LogP contribution in [0.4, 0.5) is 0 Å². The number of amides is 1. The number of hydrogen-bond acceptors (Lipinski definition) is 5. The Bertz CT molecular complexity index is 1050. The van der Waals surface area contributed by atoms with Crippen LogP contribution in [0.25, 0.3) is 10.8 Å². The van der Waals surface area contributed by atoms with E-state index < -0.39 is 23.3 Å². The molecule has 1 amide bonds. The van der Waals surface area contributed by atoms with Crippen molar-refractivity contribution in [1.82, 2.24) is 10.5 Å². The summed E-state index contributed by atoms with van der Waals surface area (Å²) in [6.45, 7) is 7.18. The second-order valence-corrected chi connectivity index (χ2v) is 7.99. The number of ether oxygens (including phenoxy) is 1. The van der Waals surface area contributed by atoms with Gasteiger partial charge < -0.3 is 19.7 Å². The molecule has 1 heterocycles. The van der Waals surface area contributed by atoms with Crippen molar-refractivity contribution in [2.75, 3.05) is 0 Å². The monoisotopic (exact) mass is 396 g/mol. The number of nitrogens with zero attached hydrogens (tertiary/aromatic N) is 1. The minimum Gasteiger partial charge on any atom is -0.486 e. The lowest BCUT2D eigenvalue weighted by Crippen LogP contribution is -2.49. The maximum absolute atomic E-state index is 13.0. The fourth-order valence-corrected chi connectivity index (χ4v) is 3.07. The van der Waals surface area contributed by atoms with Crippen molar-refractivity contribution < 1.29 is 24.0 Å². The molecular weight excluding hydrogens is 372 g/mol. The maximum atomic E-state index is 13.0. The van der Waals surface area contributed by atoms with Gasteiger partial charge in [0.25, 0.3) is 5.91 Å². The van der Waals surface area contributed by atoms with Gasteiger partial charge in [-0.3, -0.25) is 4.79 Å². The summed E-state index contributed by atoms with van der Waals surface area (Å²) in [6.07, 6.45) is 0. The molecule has 29 heavy (non-hydrogen) atoms. The second-order valence-electron chi connectivity index (χ2n) is 7.99. The zero-order valence-electron chi connectivity index (χ0n) is 16.9. The Morgan fingerprint density at radius 3 is 2.55 bits per heavy atom. The molecule has 0 aliphatic carbocycles. The van der Waals surface area contributed by atoms with Gasteiger partial charge in [-0.2, -0.15) is 0 Å². The third-order valence-corrected chi connectivity index (χ3v) is 4.55. The number of carboxylic acids is 1. The Kier molecular flexibility index (Phi) is 5.59. The van der Waals surface area contributed by atoms with Crippen molar-refractivity contribution in [1.29, 1.82) is 0 Å². The van der Waals surface area contributed by atoms with Gasteiger partial charge in [0, 0.05) is 11.5 Å². The molecule has 1 aromatic heterocycles. The van der Waals surface area contributed by atoms with E-state index >= 15 is 0 Å². The SMILES string of the molecule is Cc1cc(COc2c(C(=O)N[C@H](C(=O)O)C(C)(C)C)ccc3ccccc23)no1.